The van der Waals surface area contributed by atoms with Crippen molar-refractivity contribution in [2.24, 2.45) is 0 Å². The molecule has 0 saturated heterocycles. The van der Waals surface area contributed by atoms with E-state index < -0.39 is 28.5 Å². The first-order valence-corrected chi connectivity index (χ1v) is 13.9. The molecule has 0 radical (unpaired) electrons. The average molecular weight is 543 g/mol. The van der Waals surface area contributed by atoms with Gasteiger partial charge in [0.15, 0.2) is 0 Å². The minimum absolute atomic E-state index is 0.0498. The molecule has 0 unspecified atom stereocenters. The molecule has 0 spiro atoms. The minimum Gasteiger partial charge on any atom is -0.352 e. The summed E-state index contributed by atoms with van der Waals surface area (Å²) in [6.45, 7) is 8.61. The molecule has 2 aromatic rings. The summed E-state index contributed by atoms with van der Waals surface area (Å²) in [7, 11) is -3.81. The standard InChI is InChI=1S/C25H33Cl2N3O4S/c1-7-22(25(32)28-16(2)3)29(14-19-20(26)9-8-10-21(19)27)24(31)15-30(35(6,33)34)23-12-11-17(4)13-18(23)5/h8-13,16,22H,7,14-15H2,1-6H3,(H,28,32)/t22-/m0/s1. The van der Waals surface area contributed by atoms with Crippen molar-refractivity contribution in [3.8, 4) is 0 Å². The molecule has 0 heterocycles. The molecule has 0 aromatic heterocycles. The third-order valence-corrected chi connectivity index (χ3v) is 7.34. The van der Waals surface area contributed by atoms with E-state index in [-0.39, 0.29) is 18.5 Å². The maximum Gasteiger partial charge on any atom is 0.244 e. The third-order valence-electron chi connectivity index (χ3n) is 5.51. The highest BCUT2D eigenvalue weighted by molar-refractivity contribution is 7.92. The number of carbonyl (C=O) groups excluding carboxylic acids is 2. The van der Waals surface area contributed by atoms with Crippen molar-refractivity contribution in [1.82, 2.24) is 10.2 Å². The average Bonchev–Trinajstić information content (AvgIpc) is 2.73. The Bertz CT molecular complexity index is 1160. The maximum atomic E-state index is 13.7. The Balaban J connectivity index is 2.54. The number of anilines is 1. The number of rotatable bonds is 10. The van der Waals surface area contributed by atoms with Crippen LogP contribution in [0.5, 0.6) is 0 Å². The van der Waals surface area contributed by atoms with Gasteiger partial charge in [-0.15, -0.1) is 0 Å². The van der Waals surface area contributed by atoms with Gasteiger partial charge >= 0.3 is 0 Å². The van der Waals surface area contributed by atoms with Crippen LogP contribution >= 0.6 is 23.2 Å². The highest BCUT2D eigenvalue weighted by Gasteiger charge is 2.33. The van der Waals surface area contributed by atoms with E-state index in [4.69, 9.17) is 23.2 Å². The molecule has 0 aliphatic heterocycles. The van der Waals surface area contributed by atoms with Gasteiger partial charge in [-0.05, 0) is 57.9 Å². The van der Waals surface area contributed by atoms with Crippen LogP contribution in [-0.4, -0.2) is 50.0 Å². The SMILES string of the molecule is CC[C@@H](C(=O)NC(C)C)N(Cc1c(Cl)cccc1Cl)C(=O)CN(c1ccc(C)cc1C)S(C)(=O)=O. The van der Waals surface area contributed by atoms with Crippen LogP contribution in [0.1, 0.15) is 43.9 Å². The maximum absolute atomic E-state index is 13.7. The van der Waals surface area contributed by atoms with Crippen molar-refractivity contribution in [2.45, 2.75) is 59.7 Å². The van der Waals surface area contributed by atoms with Crippen LogP contribution < -0.4 is 9.62 Å². The fourth-order valence-electron chi connectivity index (χ4n) is 3.83. The normalized spacial score (nSPS) is 12.4. The van der Waals surface area contributed by atoms with Gasteiger partial charge in [0.2, 0.25) is 21.8 Å². The van der Waals surface area contributed by atoms with Crippen molar-refractivity contribution >= 4 is 50.7 Å². The minimum atomic E-state index is -3.81. The summed E-state index contributed by atoms with van der Waals surface area (Å²) in [5.41, 5.74) is 2.57. The lowest BCUT2D eigenvalue weighted by atomic mass is 10.1. The topological polar surface area (TPSA) is 86.8 Å². The van der Waals surface area contributed by atoms with Gasteiger partial charge in [0, 0.05) is 28.2 Å². The fraction of sp³-hybridized carbons (Fsp3) is 0.440. The van der Waals surface area contributed by atoms with E-state index in [0.29, 0.717) is 33.3 Å². The highest BCUT2D eigenvalue weighted by atomic mass is 35.5. The monoisotopic (exact) mass is 541 g/mol. The molecule has 1 N–H and O–H groups in total. The van der Waals surface area contributed by atoms with Crippen molar-refractivity contribution < 1.29 is 18.0 Å². The predicted molar refractivity (Wildman–Crippen MR) is 142 cm³/mol. The number of amides is 2. The van der Waals surface area contributed by atoms with Crippen LogP contribution in [0.25, 0.3) is 0 Å². The number of aryl methyl sites for hydroxylation is 2. The Morgan fingerprint density at radius 1 is 1.06 bits per heavy atom. The summed E-state index contributed by atoms with van der Waals surface area (Å²) in [5, 5.41) is 3.55. The Morgan fingerprint density at radius 2 is 1.66 bits per heavy atom. The van der Waals surface area contributed by atoms with Crippen LogP contribution in [0.15, 0.2) is 36.4 Å². The highest BCUT2D eigenvalue weighted by Crippen LogP contribution is 2.28. The van der Waals surface area contributed by atoms with E-state index >= 15 is 0 Å². The molecule has 2 amide bonds. The molecule has 0 bridgehead atoms. The van der Waals surface area contributed by atoms with Gasteiger partial charge in [0.05, 0.1) is 11.9 Å². The van der Waals surface area contributed by atoms with Crippen LogP contribution in [0.4, 0.5) is 5.69 Å². The third kappa shape index (κ3) is 7.59. The smallest absolute Gasteiger partial charge is 0.244 e. The van der Waals surface area contributed by atoms with Gasteiger partial charge in [-0.3, -0.25) is 13.9 Å². The predicted octanol–water partition coefficient (Wildman–Crippen LogP) is 4.71. The molecule has 0 saturated carbocycles. The zero-order valence-corrected chi connectivity index (χ0v) is 23.3. The Labute approximate surface area is 218 Å². The van der Waals surface area contributed by atoms with Crippen LogP contribution in [-0.2, 0) is 26.2 Å². The lowest BCUT2D eigenvalue weighted by Crippen LogP contribution is -2.53. The largest absolute Gasteiger partial charge is 0.352 e. The number of sulfonamides is 1. The summed E-state index contributed by atoms with van der Waals surface area (Å²) < 4.78 is 26.6. The van der Waals surface area contributed by atoms with Gasteiger partial charge in [-0.2, -0.15) is 0 Å². The van der Waals surface area contributed by atoms with Crippen molar-refractivity contribution in [1.29, 1.82) is 0 Å². The molecular weight excluding hydrogens is 509 g/mol. The molecule has 0 aliphatic carbocycles. The van der Waals surface area contributed by atoms with Crippen molar-refractivity contribution in [2.75, 3.05) is 17.1 Å². The second kappa shape index (κ2) is 12.1. The summed E-state index contributed by atoms with van der Waals surface area (Å²) in [6.07, 6.45) is 1.37. The number of nitrogens with one attached hydrogen (secondary N) is 1. The first-order chi connectivity index (χ1) is 16.3. The second-order valence-electron chi connectivity index (χ2n) is 8.87. The Hall–Kier alpha value is -2.29. The number of nitrogens with zero attached hydrogens (tertiary/aromatic N) is 2. The quantitative estimate of drug-likeness (QED) is 0.471. The molecule has 2 aromatic carbocycles. The molecule has 192 valence electrons. The van der Waals surface area contributed by atoms with Gasteiger partial charge in [-0.25, -0.2) is 8.42 Å². The Morgan fingerprint density at radius 3 is 2.14 bits per heavy atom. The summed E-state index contributed by atoms with van der Waals surface area (Å²) in [4.78, 5) is 28.1. The van der Waals surface area contributed by atoms with Gasteiger partial charge in [-0.1, -0.05) is 53.9 Å². The van der Waals surface area contributed by atoms with Gasteiger partial charge in [0.25, 0.3) is 0 Å². The number of carbonyl (C=O) groups is 2. The first-order valence-electron chi connectivity index (χ1n) is 11.3. The van der Waals surface area contributed by atoms with Crippen LogP contribution in [0.2, 0.25) is 10.0 Å². The lowest BCUT2D eigenvalue weighted by molar-refractivity contribution is -0.140. The number of hydrogen-bond acceptors (Lipinski definition) is 4. The fourth-order valence-corrected chi connectivity index (χ4v) is 5.26. The molecule has 35 heavy (non-hydrogen) atoms. The molecule has 10 heteroatoms. The van der Waals surface area contributed by atoms with Gasteiger partial charge < -0.3 is 10.2 Å². The van der Waals surface area contributed by atoms with E-state index in [9.17, 15) is 18.0 Å². The number of hydrogen-bond donors (Lipinski definition) is 1. The van der Waals surface area contributed by atoms with E-state index in [2.05, 4.69) is 5.32 Å². The van der Waals surface area contributed by atoms with Crippen molar-refractivity contribution in [3.05, 3.63) is 63.1 Å². The molecule has 2 rings (SSSR count). The van der Waals surface area contributed by atoms with Crippen molar-refractivity contribution in [3.63, 3.8) is 0 Å². The lowest BCUT2D eigenvalue weighted by Gasteiger charge is -2.34. The zero-order chi connectivity index (χ0) is 26.5. The first kappa shape index (κ1) is 28.9. The molecule has 0 aliphatic rings. The molecule has 0 fully saturated rings. The summed E-state index contributed by atoms with van der Waals surface area (Å²) in [6, 6.07) is 9.32. The van der Waals surface area contributed by atoms with E-state index in [0.717, 1.165) is 16.1 Å². The molecule has 1 atom stereocenters. The van der Waals surface area contributed by atoms with E-state index in [1.165, 1.54) is 4.90 Å². The number of benzene rings is 2. The number of halogens is 2. The van der Waals surface area contributed by atoms with Crippen LogP contribution in [0, 0.1) is 13.8 Å². The second-order valence-corrected chi connectivity index (χ2v) is 11.6. The molecule has 7 nitrogen and oxygen atoms in total. The van der Waals surface area contributed by atoms with Gasteiger partial charge in [0.1, 0.15) is 12.6 Å². The van der Waals surface area contributed by atoms with Crippen LogP contribution in [0.3, 0.4) is 0 Å². The molecular formula is C25H33Cl2N3O4S. The van der Waals surface area contributed by atoms with E-state index in [1.807, 2.05) is 26.8 Å². The summed E-state index contributed by atoms with van der Waals surface area (Å²) >= 11 is 12.7. The Kier molecular flexibility index (Phi) is 10.0. The van der Waals surface area contributed by atoms with E-state index in [1.54, 1.807) is 44.2 Å². The summed E-state index contributed by atoms with van der Waals surface area (Å²) in [5.74, 6) is -0.881. The zero-order valence-electron chi connectivity index (χ0n) is 20.9.